The summed E-state index contributed by atoms with van der Waals surface area (Å²) in [5.74, 6) is 0.724. The van der Waals surface area contributed by atoms with Gasteiger partial charge in [0.15, 0.2) is 0 Å². The number of aryl methyl sites for hydroxylation is 1. The van der Waals surface area contributed by atoms with Crippen molar-refractivity contribution in [2.24, 2.45) is 17.6 Å². The van der Waals surface area contributed by atoms with Gasteiger partial charge in [0.05, 0.1) is 0 Å². The molecule has 1 amide bonds. The molecular formula is C16H25ClN2O. The van der Waals surface area contributed by atoms with Crippen molar-refractivity contribution in [3.8, 4) is 0 Å². The van der Waals surface area contributed by atoms with Gasteiger partial charge in [-0.25, -0.2) is 0 Å². The van der Waals surface area contributed by atoms with Gasteiger partial charge in [0.2, 0.25) is 5.91 Å². The van der Waals surface area contributed by atoms with E-state index in [1.54, 1.807) is 0 Å². The Morgan fingerprint density at radius 1 is 1.40 bits per heavy atom. The molecule has 0 saturated heterocycles. The Bertz CT molecular complexity index is 436. The molecule has 0 bridgehead atoms. The number of halogens is 1. The molecule has 1 aliphatic carbocycles. The second kappa shape index (κ2) is 8.28. The SMILES string of the molecule is Cc1cccc(CCNC(=O)[C@@H]2CCC[C@@H]2CN)c1.Cl. The van der Waals surface area contributed by atoms with Crippen molar-refractivity contribution in [1.29, 1.82) is 0 Å². The van der Waals surface area contributed by atoms with Crippen molar-refractivity contribution < 1.29 is 4.79 Å². The first-order valence-corrected chi connectivity index (χ1v) is 7.24. The maximum atomic E-state index is 12.1. The van der Waals surface area contributed by atoms with Gasteiger partial charge in [-0.3, -0.25) is 4.79 Å². The fraction of sp³-hybridized carbons (Fsp3) is 0.562. The van der Waals surface area contributed by atoms with Crippen LogP contribution in [0.3, 0.4) is 0 Å². The second-order valence-electron chi connectivity index (χ2n) is 5.56. The number of hydrogen-bond acceptors (Lipinski definition) is 2. The molecule has 1 aromatic carbocycles. The first-order valence-electron chi connectivity index (χ1n) is 7.24. The Morgan fingerprint density at radius 2 is 2.20 bits per heavy atom. The molecule has 0 aromatic heterocycles. The summed E-state index contributed by atoms with van der Waals surface area (Å²) in [6.45, 7) is 3.44. The molecule has 2 atom stereocenters. The van der Waals surface area contributed by atoms with Gasteiger partial charge in [-0.15, -0.1) is 12.4 Å². The molecule has 1 aliphatic rings. The molecule has 0 radical (unpaired) electrons. The number of carbonyl (C=O) groups is 1. The smallest absolute Gasteiger partial charge is 0.223 e. The summed E-state index contributed by atoms with van der Waals surface area (Å²) >= 11 is 0. The van der Waals surface area contributed by atoms with E-state index in [-0.39, 0.29) is 24.2 Å². The molecule has 1 saturated carbocycles. The van der Waals surface area contributed by atoms with Crippen molar-refractivity contribution in [2.45, 2.75) is 32.6 Å². The first-order chi connectivity index (χ1) is 9.20. The molecule has 20 heavy (non-hydrogen) atoms. The van der Waals surface area contributed by atoms with Crippen molar-refractivity contribution in [1.82, 2.24) is 5.32 Å². The third-order valence-electron chi connectivity index (χ3n) is 4.09. The monoisotopic (exact) mass is 296 g/mol. The van der Waals surface area contributed by atoms with Gasteiger partial charge >= 0.3 is 0 Å². The summed E-state index contributed by atoms with van der Waals surface area (Å²) < 4.78 is 0. The summed E-state index contributed by atoms with van der Waals surface area (Å²) in [5, 5.41) is 3.06. The lowest BCUT2D eigenvalue weighted by Gasteiger charge is -2.17. The topological polar surface area (TPSA) is 55.1 Å². The summed E-state index contributed by atoms with van der Waals surface area (Å²) in [4.78, 5) is 12.1. The number of hydrogen-bond donors (Lipinski definition) is 2. The van der Waals surface area contributed by atoms with E-state index in [0.717, 1.165) is 32.2 Å². The van der Waals surface area contributed by atoms with E-state index < -0.39 is 0 Å². The van der Waals surface area contributed by atoms with Crippen molar-refractivity contribution in [3.05, 3.63) is 35.4 Å². The lowest BCUT2D eigenvalue weighted by molar-refractivity contribution is -0.125. The number of nitrogens with one attached hydrogen (secondary N) is 1. The van der Waals surface area contributed by atoms with E-state index in [9.17, 15) is 4.79 Å². The van der Waals surface area contributed by atoms with E-state index in [1.807, 2.05) is 0 Å². The fourth-order valence-corrected chi connectivity index (χ4v) is 2.99. The lowest BCUT2D eigenvalue weighted by atomic mass is 9.95. The van der Waals surface area contributed by atoms with Gasteiger partial charge in [-0.05, 0) is 44.2 Å². The van der Waals surface area contributed by atoms with E-state index >= 15 is 0 Å². The Kier molecular flexibility index (Phi) is 7.03. The van der Waals surface area contributed by atoms with Crippen molar-refractivity contribution in [2.75, 3.05) is 13.1 Å². The average Bonchev–Trinajstić information content (AvgIpc) is 2.87. The van der Waals surface area contributed by atoms with Crippen LogP contribution in [0.15, 0.2) is 24.3 Å². The van der Waals surface area contributed by atoms with E-state index in [1.165, 1.54) is 11.1 Å². The summed E-state index contributed by atoms with van der Waals surface area (Å²) in [7, 11) is 0. The Morgan fingerprint density at radius 3 is 2.90 bits per heavy atom. The van der Waals surface area contributed by atoms with Gasteiger partial charge < -0.3 is 11.1 Å². The summed E-state index contributed by atoms with van der Waals surface area (Å²) in [6, 6.07) is 8.43. The predicted molar refractivity (Wildman–Crippen MR) is 85.0 cm³/mol. The number of benzene rings is 1. The number of amides is 1. The van der Waals surface area contributed by atoms with Crippen molar-refractivity contribution in [3.63, 3.8) is 0 Å². The highest BCUT2D eigenvalue weighted by molar-refractivity contribution is 5.85. The predicted octanol–water partition coefficient (Wildman–Crippen LogP) is 2.45. The van der Waals surface area contributed by atoms with Crippen LogP contribution in [0.25, 0.3) is 0 Å². The number of nitrogens with two attached hydrogens (primary N) is 1. The van der Waals surface area contributed by atoms with Crippen LogP contribution in [0.1, 0.15) is 30.4 Å². The minimum atomic E-state index is 0. The average molecular weight is 297 g/mol. The second-order valence-corrected chi connectivity index (χ2v) is 5.56. The maximum Gasteiger partial charge on any atom is 0.223 e. The normalized spacial score (nSPS) is 21.3. The Labute approximate surface area is 127 Å². The van der Waals surface area contributed by atoms with E-state index in [4.69, 9.17) is 5.73 Å². The quantitative estimate of drug-likeness (QED) is 0.877. The third-order valence-corrected chi connectivity index (χ3v) is 4.09. The Hall–Kier alpha value is -1.06. The summed E-state index contributed by atoms with van der Waals surface area (Å²) in [5.41, 5.74) is 8.26. The van der Waals surface area contributed by atoms with Gasteiger partial charge in [0.1, 0.15) is 0 Å². The standard InChI is InChI=1S/C16H24N2O.ClH/c1-12-4-2-5-13(10-12)8-9-18-16(19)15-7-3-6-14(15)11-17;/h2,4-5,10,14-15H,3,6-9,11,17H2,1H3,(H,18,19);1H/t14-,15-;/m1./s1. The summed E-state index contributed by atoms with van der Waals surface area (Å²) in [6.07, 6.45) is 4.13. The van der Waals surface area contributed by atoms with Gasteiger partial charge in [0, 0.05) is 12.5 Å². The first kappa shape index (κ1) is 17.0. The highest BCUT2D eigenvalue weighted by atomic mass is 35.5. The van der Waals surface area contributed by atoms with Crippen LogP contribution in [0.2, 0.25) is 0 Å². The van der Waals surface area contributed by atoms with Crippen LogP contribution in [-0.2, 0) is 11.2 Å². The van der Waals surface area contributed by atoms with E-state index in [0.29, 0.717) is 12.5 Å². The van der Waals surface area contributed by atoms with Crippen LogP contribution in [-0.4, -0.2) is 19.0 Å². The van der Waals surface area contributed by atoms with Crippen LogP contribution in [0, 0.1) is 18.8 Å². The highest BCUT2D eigenvalue weighted by Crippen LogP contribution is 2.30. The molecule has 3 nitrogen and oxygen atoms in total. The molecule has 3 N–H and O–H groups in total. The van der Waals surface area contributed by atoms with Crippen LogP contribution < -0.4 is 11.1 Å². The molecular weight excluding hydrogens is 272 g/mol. The van der Waals surface area contributed by atoms with Crippen LogP contribution in [0.5, 0.6) is 0 Å². The van der Waals surface area contributed by atoms with Gasteiger partial charge in [-0.1, -0.05) is 36.2 Å². The highest BCUT2D eigenvalue weighted by Gasteiger charge is 2.31. The maximum absolute atomic E-state index is 12.1. The molecule has 1 fully saturated rings. The number of carbonyl (C=O) groups excluding carboxylic acids is 1. The zero-order chi connectivity index (χ0) is 13.7. The molecule has 0 unspecified atom stereocenters. The van der Waals surface area contributed by atoms with Gasteiger partial charge in [-0.2, -0.15) is 0 Å². The molecule has 112 valence electrons. The molecule has 2 rings (SSSR count). The van der Waals surface area contributed by atoms with Crippen LogP contribution >= 0.6 is 12.4 Å². The number of rotatable bonds is 5. The molecule has 1 aromatic rings. The minimum absolute atomic E-state index is 0. The van der Waals surface area contributed by atoms with Crippen molar-refractivity contribution >= 4 is 18.3 Å². The molecule has 0 heterocycles. The zero-order valence-corrected chi connectivity index (χ0v) is 12.9. The van der Waals surface area contributed by atoms with E-state index in [2.05, 4.69) is 36.5 Å². The largest absolute Gasteiger partial charge is 0.356 e. The van der Waals surface area contributed by atoms with Gasteiger partial charge in [0.25, 0.3) is 0 Å². The third kappa shape index (κ3) is 4.50. The fourth-order valence-electron chi connectivity index (χ4n) is 2.99. The Balaban J connectivity index is 0.00000200. The van der Waals surface area contributed by atoms with Crippen LogP contribution in [0.4, 0.5) is 0 Å². The molecule has 0 spiro atoms. The lowest BCUT2D eigenvalue weighted by Crippen LogP contribution is -2.36. The zero-order valence-electron chi connectivity index (χ0n) is 12.1. The molecule has 0 aliphatic heterocycles. The molecule has 4 heteroatoms. The minimum Gasteiger partial charge on any atom is -0.356 e.